The third kappa shape index (κ3) is 7.89. The molecule has 1 N–H and O–H groups in total. The van der Waals surface area contributed by atoms with Gasteiger partial charge in [0.05, 0.1) is 11.9 Å². The number of anilines is 1. The number of benzene rings is 2. The number of amides is 2. The van der Waals surface area contributed by atoms with E-state index >= 15 is 0 Å². The van der Waals surface area contributed by atoms with Crippen LogP contribution in [0.25, 0.3) is 0 Å². The molecule has 8 heteroatoms. The van der Waals surface area contributed by atoms with Crippen molar-refractivity contribution >= 4 is 27.5 Å². The lowest BCUT2D eigenvalue weighted by Crippen LogP contribution is -2.51. The summed E-state index contributed by atoms with van der Waals surface area (Å²) < 4.78 is 26.2. The largest absolute Gasteiger partial charge is 0.354 e. The summed E-state index contributed by atoms with van der Waals surface area (Å²) in [5.74, 6) is -0.453. The number of carbonyl (C=O) groups is 2. The molecule has 2 rings (SSSR count). The van der Waals surface area contributed by atoms with Gasteiger partial charge in [0.2, 0.25) is 21.8 Å². The van der Waals surface area contributed by atoms with Gasteiger partial charge >= 0.3 is 0 Å². The molecule has 0 aliphatic heterocycles. The standard InChI is InChI=1S/C25H35N3O4S/c1-18(2)15-26-25(30)21(5)27(16-22-11-7-9-19(3)13-22)24(29)17-28(33(6,31)32)23-12-8-10-20(4)14-23/h7-14,18,21H,15-17H2,1-6H3,(H,26,30). The second-order valence-electron chi connectivity index (χ2n) is 8.93. The van der Waals surface area contributed by atoms with Crippen molar-refractivity contribution in [3.8, 4) is 0 Å². The zero-order valence-electron chi connectivity index (χ0n) is 20.3. The highest BCUT2D eigenvalue weighted by Gasteiger charge is 2.30. The Hall–Kier alpha value is -2.87. The van der Waals surface area contributed by atoms with Crippen LogP contribution in [0, 0.1) is 19.8 Å². The quantitative estimate of drug-likeness (QED) is 0.574. The number of hydrogen-bond acceptors (Lipinski definition) is 4. The first-order valence-corrected chi connectivity index (χ1v) is 12.9. The van der Waals surface area contributed by atoms with Gasteiger partial charge in [0.15, 0.2) is 0 Å². The van der Waals surface area contributed by atoms with E-state index in [0.717, 1.165) is 27.3 Å². The second kappa shape index (κ2) is 11.3. The summed E-state index contributed by atoms with van der Waals surface area (Å²) >= 11 is 0. The van der Waals surface area contributed by atoms with Gasteiger partial charge in [-0.2, -0.15) is 0 Å². The average Bonchev–Trinajstić information content (AvgIpc) is 2.72. The minimum absolute atomic E-state index is 0.197. The molecule has 0 radical (unpaired) electrons. The van der Waals surface area contributed by atoms with Crippen LogP contribution in [0.3, 0.4) is 0 Å². The van der Waals surface area contributed by atoms with Crippen LogP contribution in [-0.4, -0.2) is 50.5 Å². The Bertz CT molecular complexity index is 1080. The van der Waals surface area contributed by atoms with Gasteiger partial charge in [0.1, 0.15) is 12.6 Å². The minimum Gasteiger partial charge on any atom is -0.354 e. The summed E-state index contributed by atoms with van der Waals surface area (Å²) in [7, 11) is -3.73. The van der Waals surface area contributed by atoms with Crippen LogP contribution in [-0.2, 0) is 26.2 Å². The minimum atomic E-state index is -3.73. The van der Waals surface area contributed by atoms with E-state index in [0.29, 0.717) is 12.2 Å². The lowest BCUT2D eigenvalue weighted by Gasteiger charge is -2.31. The van der Waals surface area contributed by atoms with Crippen molar-refractivity contribution < 1.29 is 18.0 Å². The number of carbonyl (C=O) groups excluding carboxylic acids is 2. The highest BCUT2D eigenvalue weighted by Crippen LogP contribution is 2.20. The van der Waals surface area contributed by atoms with Crippen molar-refractivity contribution in [3.05, 3.63) is 65.2 Å². The van der Waals surface area contributed by atoms with Crippen molar-refractivity contribution in [1.29, 1.82) is 0 Å². The summed E-state index contributed by atoms with van der Waals surface area (Å²) in [4.78, 5) is 27.7. The summed E-state index contributed by atoms with van der Waals surface area (Å²) in [6.07, 6.45) is 1.08. The van der Waals surface area contributed by atoms with E-state index in [-0.39, 0.29) is 18.4 Å². The molecule has 1 unspecified atom stereocenters. The Morgan fingerprint density at radius 3 is 2.12 bits per heavy atom. The van der Waals surface area contributed by atoms with Crippen LogP contribution in [0.2, 0.25) is 0 Å². The molecule has 2 amide bonds. The van der Waals surface area contributed by atoms with E-state index < -0.39 is 28.5 Å². The van der Waals surface area contributed by atoms with Crippen LogP contribution in [0.15, 0.2) is 48.5 Å². The number of sulfonamides is 1. The van der Waals surface area contributed by atoms with E-state index in [1.54, 1.807) is 25.1 Å². The van der Waals surface area contributed by atoms with Crippen LogP contribution < -0.4 is 9.62 Å². The Morgan fingerprint density at radius 2 is 1.58 bits per heavy atom. The van der Waals surface area contributed by atoms with Crippen molar-refractivity contribution in [2.75, 3.05) is 23.7 Å². The molecule has 0 bridgehead atoms. The van der Waals surface area contributed by atoms with E-state index in [9.17, 15) is 18.0 Å². The highest BCUT2D eigenvalue weighted by atomic mass is 32.2. The Morgan fingerprint density at radius 1 is 0.970 bits per heavy atom. The maximum Gasteiger partial charge on any atom is 0.244 e. The summed E-state index contributed by atoms with van der Waals surface area (Å²) in [6.45, 7) is 9.76. The first kappa shape index (κ1) is 26.4. The van der Waals surface area contributed by atoms with Gasteiger partial charge in [0.25, 0.3) is 0 Å². The number of rotatable bonds is 10. The van der Waals surface area contributed by atoms with E-state index in [1.165, 1.54) is 4.90 Å². The Balaban J connectivity index is 2.36. The first-order valence-electron chi connectivity index (χ1n) is 11.1. The van der Waals surface area contributed by atoms with Crippen molar-refractivity contribution in [1.82, 2.24) is 10.2 Å². The highest BCUT2D eigenvalue weighted by molar-refractivity contribution is 7.92. The Labute approximate surface area is 197 Å². The monoisotopic (exact) mass is 473 g/mol. The number of hydrogen-bond donors (Lipinski definition) is 1. The van der Waals surface area contributed by atoms with Crippen LogP contribution in [0.4, 0.5) is 5.69 Å². The number of nitrogens with zero attached hydrogens (tertiary/aromatic N) is 2. The second-order valence-corrected chi connectivity index (χ2v) is 10.8. The Kier molecular flexibility index (Phi) is 9.05. The van der Waals surface area contributed by atoms with Gasteiger partial charge < -0.3 is 10.2 Å². The summed E-state index contributed by atoms with van der Waals surface area (Å²) in [6, 6.07) is 13.9. The van der Waals surface area contributed by atoms with Gasteiger partial charge in [-0.1, -0.05) is 55.8 Å². The fourth-order valence-corrected chi connectivity index (χ4v) is 4.28. The maximum atomic E-state index is 13.5. The molecule has 0 aromatic heterocycles. The molecular weight excluding hydrogens is 438 g/mol. The molecule has 0 aliphatic rings. The smallest absolute Gasteiger partial charge is 0.244 e. The lowest BCUT2D eigenvalue weighted by molar-refractivity contribution is -0.139. The van der Waals surface area contributed by atoms with Crippen LogP contribution >= 0.6 is 0 Å². The van der Waals surface area contributed by atoms with Crippen LogP contribution in [0.5, 0.6) is 0 Å². The van der Waals surface area contributed by atoms with Gasteiger partial charge in [-0.15, -0.1) is 0 Å². The van der Waals surface area contributed by atoms with Gasteiger partial charge in [-0.25, -0.2) is 8.42 Å². The van der Waals surface area contributed by atoms with E-state index in [2.05, 4.69) is 5.32 Å². The summed E-state index contributed by atoms with van der Waals surface area (Å²) in [5, 5.41) is 2.87. The molecule has 2 aromatic carbocycles. The molecule has 0 spiro atoms. The fraction of sp³-hybridized carbons (Fsp3) is 0.440. The molecule has 0 heterocycles. The van der Waals surface area contributed by atoms with Gasteiger partial charge in [0, 0.05) is 13.1 Å². The topological polar surface area (TPSA) is 86.8 Å². The molecule has 1 atom stereocenters. The third-order valence-corrected chi connectivity index (χ3v) is 6.40. The van der Waals surface area contributed by atoms with Crippen molar-refractivity contribution in [2.45, 2.75) is 47.2 Å². The predicted molar refractivity (Wildman–Crippen MR) is 132 cm³/mol. The number of aryl methyl sites for hydroxylation is 2. The first-order chi connectivity index (χ1) is 15.4. The molecule has 180 valence electrons. The molecule has 0 fully saturated rings. The zero-order valence-corrected chi connectivity index (χ0v) is 21.1. The fourth-order valence-electron chi connectivity index (χ4n) is 3.44. The third-order valence-electron chi connectivity index (χ3n) is 5.26. The molecule has 0 saturated heterocycles. The number of nitrogens with one attached hydrogen (secondary N) is 1. The van der Waals surface area contributed by atoms with Crippen LogP contribution in [0.1, 0.15) is 37.5 Å². The SMILES string of the molecule is Cc1cccc(CN(C(=O)CN(c2cccc(C)c2)S(C)(=O)=O)C(C)C(=O)NCC(C)C)c1. The van der Waals surface area contributed by atoms with E-state index in [4.69, 9.17) is 0 Å². The molecular formula is C25H35N3O4S. The lowest BCUT2D eigenvalue weighted by atomic mass is 10.1. The molecule has 0 aliphatic carbocycles. The normalized spacial score (nSPS) is 12.3. The molecule has 7 nitrogen and oxygen atoms in total. The van der Waals surface area contributed by atoms with Gasteiger partial charge in [-0.3, -0.25) is 13.9 Å². The predicted octanol–water partition coefficient (Wildman–Crippen LogP) is 3.26. The zero-order chi connectivity index (χ0) is 24.8. The summed E-state index contributed by atoms with van der Waals surface area (Å²) in [5.41, 5.74) is 3.20. The molecule has 0 saturated carbocycles. The molecule has 33 heavy (non-hydrogen) atoms. The molecule has 2 aromatic rings. The van der Waals surface area contributed by atoms with Gasteiger partial charge in [-0.05, 0) is 49.9 Å². The maximum absolute atomic E-state index is 13.5. The van der Waals surface area contributed by atoms with Crippen molar-refractivity contribution in [2.24, 2.45) is 5.92 Å². The van der Waals surface area contributed by atoms with Crippen molar-refractivity contribution in [3.63, 3.8) is 0 Å². The van der Waals surface area contributed by atoms with E-state index in [1.807, 2.05) is 58.0 Å². The average molecular weight is 474 g/mol.